The van der Waals surface area contributed by atoms with E-state index in [4.69, 9.17) is 4.74 Å². The molecule has 0 N–H and O–H groups in total. The molecule has 2 aliphatic rings. The monoisotopic (exact) mass is 300 g/mol. The average molecular weight is 300 g/mol. The van der Waals surface area contributed by atoms with Crippen molar-refractivity contribution in [3.63, 3.8) is 0 Å². The van der Waals surface area contributed by atoms with Gasteiger partial charge in [-0.2, -0.15) is 0 Å². The molecular formula is C13H20N2O4S. The summed E-state index contributed by atoms with van der Waals surface area (Å²) in [4.78, 5) is 38.9. The maximum Gasteiger partial charge on any atom is 0.328 e. The number of amides is 2. The van der Waals surface area contributed by atoms with Crippen LogP contribution < -0.4 is 0 Å². The lowest BCUT2D eigenvalue weighted by atomic mass is 10.0. The van der Waals surface area contributed by atoms with Crippen molar-refractivity contribution in [3.8, 4) is 0 Å². The fourth-order valence-corrected chi connectivity index (χ4v) is 3.41. The molecule has 0 radical (unpaired) electrons. The van der Waals surface area contributed by atoms with Crippen LogP contribution in [0.15, 0.2) is 0 Å². The number of likely N-dealkylation sites (tertiary alicyclic amines) is 1. The van der Waals surface area contributed by atoms with E-state index >= 15 is 0 Å². The molecule has 0 bridgehead atoms. The molecule has 2 saturated heterocycles. The summed E-state index contributed by atoms with van der Waals surface area (Å²) in [5, 5.41) is 0. The Morgan fingerprint density at radius 2 is 2.20 bits per heavy atom. The zero-order valence-electron chi connectivity index (χ0n) is 11.7. The van der Waals surface area contributed by atoms with Crippen LogP contribution in [0.1, 0.15) is 26.2 Å². The average Bonchev–Trinajstić information content (AvgIpc) is 2.84. The third kappa shape index (κ3) is 3.45. The number of esters is 1. The van der Waals surface area contributed by atoms with Crippen LogP contribution in [0, 0.1) is 0 Å². The summed E-state index contributed by atoms with van der Waals surface area (Å²) in [7, 11) is 0. The SMILES string of the molecule is CCOC(=O)C1CCCCN1C(=O)CN1CSCC1=O. The summed E-state index contributed by atoms with van der Waals surface area (Å²) >= 11 is 1.51. The van der Waals surface area contributed by atoms with Crippen LogP contribution in [0.2, 0.25) is 0 Å². The predicted molar refractivity (Wildman–Crippen MR) is 75.0 cm³/mol. The largest absolute Gasteiger partial charge is 0.464 e. The molecule has 0 saturated carbocycles. The minimum atomic E-state index is -0.485. The van der Waals surface area contributed by atoms with E-state index in [1.54, 1.807) is 16.7 Å². The van der Waals surface area contributed by atoms with E-state index in [0.29, 0.717) is 31.2 Å². The highest BCUT2D eigenvalue weighted by Crippen LogP contribution is 2.20. The lowest BCUT2D eigenvalue weighted by Gasteiger charge is -2.34. The zero-order chi connectivity index (χ0) is 14.5. The van der Waals surface area contributed by atoms with Crippen LogP contribution >= 0.6 is 11.8 Å². The molecule has 0 aromatic rings. The Hall–Kier alpha value is -1.24. The molecule has 1 unspecified atom stereocenters. The van der Waals surface area contributed by atoms with Crippen LogP contribution in [0.25, 0.3) is 0 Å². The number of nitrogens with zero attached hydrogens (tertiary/aromatic N) is 2. The molecule has 6 nitrogen and oxygen atoms in total. The number of carbonyl (C=O) groups is 3. The summed E-state index contributed by atoms with van der Waals surface area (Å²) in [5.74, 6) is 0.506. The smallest absolute Gasteiger partial charge is 0.328 e. The maximum atomic E-state index is 12.3. The summed E-state index contributed by atoms with van der Waals surface area (Å²) in [6.07, 6.45) is 2.46. The first-order valence-electron chi connectivity index (χ1n) is 6.95. The van der Waals surface area contributed by atoms with Gasteiger partial charge >= 0.3 is 5.97 Å². The van der Waals surface area contributed by atoms with Crippen molar-refractivity contribution < 1.29 is 19.1 Å². The predicted octanol–water partition coefficient (Wildman–Crippen LogP) is 0.464. The van der Waals surface area contributed by atoms with Gasteiger partial charge in [0.1, 0.15) is 12.6 Å². The van der Waals surface area contributed by atoms with Crippen molar-refractivity contribution in [3.05, 3.63) is 0 Å². The standard InChI is InChI=1S/C13H20N2O4S/c1-2-19-13(18)10-5-3-4-6-15(10)11(16)7-14-9-20-8-12(14)17/h10H,2-9H2,1H3. The van der Waals surface area contributed by atoms with Gasteiger partial charge < -0.3 is 14.5 Å². The fraction of sp³-hybridized carbons (Fsp3) is 0.769. The first-order valence-corrected chi connectivity index (χ1v) is 8.10. The normalized spacial score (nSPS) is 23.1. The van der Waals surface area contributed by atoms with Gasteiger partial charge in [-0.25, -0.2) is 4.79 Å². The van der Waals surface area contributed by atoms with Crippen molar-refractivity contribution in [2.45, 2.75) is 32.2 Å². The summed E-state index contributed by atoms with van der Waals surface area (Å²) in [6, 6.07) is -0.485. The molecule has 112 valence electrons. The molecule has 0 aliphatic carbocycles. The van der Waals surface area contributed by atoms with Gasteiger partial charge in [0.2, 0.25) is 11.8 Å². The first kappa shape index (κ1) is 15.2. The van der Waals surface area contributed by atoms with Crippen molar-refractivity contribution in [1.29, 1.82) is 0 Å². The van der Waals surface area contributed by atoms with Gasteiger partial charge in [-0.05, 0) is 26.2 Å². The second kappa shape index (κ2) is 6.97. The molecule has 2 heterocycles. The van der Waals surface area contributed by atoms with Crippen molar-refractivity contribution in [2.24, 2.45) is 0 Å². The Labute approximate surface area is 122 Å². The molecule has 2 fully saturated rings. The number of piperidine rings is 1. The highest BCUT2D eigenvalue weighted by atomic mass is 32.2. The molecular weight excluding hydrogens is 280 g/mol. The number of rotatable bonds is 4. The van der Waals surface area contributed by atoms with Gasteiger partial charge in [0.05, 0.1) is 18.2 Å². The summed E-state index contributed by atoms with van der Waals surface area (Å²) in [6.45, 7) is 2.71. The van der Waals surface area contributed by atoms with Gasteiger partial charge in [-0.3, -0.25) is 9.59 Å². The Kier molecular flexibility index (Phi) is 5.28. The van der Waals surface area contributed by atoms with Gasteiger partial charge in [0.25, 0.3) is 0 Å². The lowest BCUT2D eigenvalue weighted by Crippen LogP contribution is -2.51. The van der Waals surface area contributed by atoms with Crippen molar-refractivity contribution >= 4 is 29.5 Å². The molecule has 0 aromatic carbocycles. The molecule has 7 heteroatoms. The molecule has 0 spiro atoms. The molecule has 0 aromatic heterocycles. The van der Waals surface area contributed by atoms with Crippen LogP contribution in [-0.4, -0.2) is 65.0 Å². The van der Waals surface area contributed by atoms with Crippen LogP contribution in [0.4, 0.5) is 0 Å². The molecule has 2 amide bonds. The number of hydrogen-bond acceptors (Lipinski definition) is 5. The molecule has 2 aliphatic heterocycles. The van der Waals surface area contributed by atoms with Crippen molar-refractivity contribution in [1.82, 2.24) is 9.80 Å². The van der Waals surface area contributed by atoms with Crippen LogP contribution in [0.3, 0.4) is 0 Å². The van der Waals surface area contributed by atoms with Gasteiger partial charge in [0, 0.05) is 6.54 Å². The minimum absolute atomic E-state index is 0.00644. The van der Waals surface area contributed by atoms with Gasteiger partial charge in [-0.1, -0.05) is 0 Å². The van der Waals surface area contributed by atoms with E-state index in [-0.39, 0.29) is 24.3 Å². The maximum absolute atomic E-state index is 12.3. The Bertz CT molecular complexity index is 402. The summed E-state index contributed by atoms with van der Waals surface area (Å²) < 4.78 is 5.04. The second-order valence-corrected chi connectivity index (χ2v) is 5.88. The highest BCUT2D eigenvalue weighted by Gasteiger charge is 2.34. The minimum Gasteiger partial charge on any atom is -0.464 e. The van der Waals surface area contributed by atoms with E-state index in [1.165, 1.54) is 11.8 Å². The van der Waals surface area contributed by atoms with E-state index in [9.17, 15) is 14.4 Å². The summed E-state index contributed by atoms with van der Waals surface area (Å²) in [5.41, 5.74) is 0. The number of hydrogen-bond donors (Lipinski definition) is 0. The topological polar surface area (TPSA) is 66.9 Å². The van der Waals surface area contributed by atoms with Gasteiger partial charge in [-0.15, -0.1) is 11.8 Å². The fourth-order valence-electron chi connectivity index (χ4n) is 2.51. The Morgan fingerprint density at radius 3 is 2.85 bits per heavy atom. The highest BCUT2D eigenvalue weighted by molar-refractivity contribution is 8.00. The number of thioether (sulfide) groups is 1. The molecule has 2 rings (SSSR count). The van der Waals surface area contributed by atoms with E-state index in [2.05, 4.69) is 0 Å². The zero-order valence-corrected chi connectivity index (χ0v) is 12.5. The molecule has 20 heavy (non-hydrogen) atoms. The second-order valence-electron chi connectivity index (χ2n) is 4.92. The third-order valence-electron chi connectivity index (χ3n) is 3.53. The van der Waals surface area contributed by atoms with E-state index in [0.717, 1.165) is 12.8 Å². The lowest BCUT2D eigenvalue weighted by molar-refractivity contribution is -0.157. The third-order valence-corrected chi connectivity index (χ3v) is 4.48. The molecule has 1 atom stereocenters. The Balaban J connectivity index is 1.97. The van der Waals surface area contributed by atoms with E-state index < -0.39 is 6.04 Å². The van der Waals surface area contributed by atoms with E-state index in [1.807, 2.05) is 0 Å². The number of ether oxygens (including phenoxy) is 1. The van der Waals surface area contributed by atoms with Crippen LogP contribution in [-0.2, 0) is 19.1 Å². The first-order chi connectivity index (χ1) is 9.63. The number of carbonyl (C=O) groups excluding carboxylic acids is 3. The van der Waals surface area contributed by atoms with Crippen molar-refractivity contribution in [2.75, 3.05) is 31.3 Å². The quantitative estimate of drug-likeness (QED) is 0.706. The van der Waals surface area contributed by atoms with Gasteiger partial charge in [0.15, 0.2) is 0 Å². The Morgan fingerprint density at radius 1 is 1.40 bits per heavy atom. The van der Waals surface area contributed by atoms with Crippen LogP contribution in [0.5, 0.6) is 0 Å².